The van der Waals surface area contributed by atoms with Crippen molar-refractivity contribution in [2.24, 2.45) is 5.73 Å². The standard InChI is InChI=1S/C15H31N3O/c1-4-15(3,13-16)18(5-2)12-14(19)17-10-8-6-7-9-11-17/h4-13,16H2,1-3H3. The van der Waals surface area contributed by atoms with Gasteiger partial charge in [0.1, 0.15) is 0 Å². The van der Waals surface area contributed by atoms with Crippen LogP contribution in [0.25, 0.3) is 0 Å². The first-order valence-corrected chi connectivity index (χ1v) is 7.80. The summed E-state index contributed by atoms with van der Waals surface area (Å²) < 4.78 is 0. The summed E-state index contributed by atoms with van der Waals surface area (Å²) in [5.74, 6) is 0.275. The molecule has 4 heteroatoms. The summed E-state index contributed by atoms with van der Waals surface area (Å²) in [5, 5.41) is 0. The van der Waals surface area contributed by atoms with E-state index in [1.165, 1.54) is 12.8 Å². The fourth-order valence-electron chi connectivity index (χ4n) is 2.76. The molecule has 0 aromatic carbocycles. The molecule has 1 atom stereocenters. The van der Waals surface area contributed by atoms with Gasteiger partial charge in [0.05, 0.1) is 6.54 Å². The van der Waals surface area contributed by atoms with Crippen molar-refractivity contribution in [3.05, 3.63) is 0 Å². The molecule has 1 heterocycles. The van der Waals surface area contributed by atoms with Gasteiger partial charge in [-0.1, -0.05) is 26.7 Å². The molecule has 112 valence electrons. The van der Waals surface area contributed by atoms with Gasteiger partial charge in [0.15, 0.2) is 0 Å². The monoisotopic (exact) mass is 269 g/mol. The molecule has 1 aliphatic rings. The Kier molecular flexibility index (Phi) is 6.80. The molecule has 19 heavy (non-hydrogen) atoms. The van der Waals surface area contributed by atoms with Crippen LogP contribution in [0.5, 0.6) is 0 Å². The molecule has 1 aliphatic heterocycles. The Labute approximate surface area is 118 Å². The maximum Gasteiger partial charge on any atom is 0.236 e. The van der Waals surface area contributed by atoms with Gasteiger partial charge in [0.25, 0.3) is 0 Å². The maximum atomic E-state index is 12.4. The summed E-state index contributed by atoms with van der Waals surface area (Å²) in [4.78, 5) is 16.7. The number of likely N-dealkylation sites (tertiary alicyclic amines) is 1. The minimum absolute atomic E-state index is 0.0593. The van der Waals surface area contributed by atoms with Crippen molar-refractivity contribution >= 4 is 5.91 Å². The smallest absolute Gasteiger partial charge is 0.236 e. The number of hydrogen-bond donors (Lipinski definition) is 1. The second-order valence-electron chi connectivity index (χ2n) is 5.86. The summed E-state index contributed by atoms with van der Waals surface area (Å²) in [6.07, 6.45) is 5.80. The second-order valence-corrected chi connectivity index (χ2v) is 5.86. The number of amides is 1. The van der Waals surface area contributed by atoms with Crippen molar-refractivity contribution in [3.63, 3.8) is 0 Å². The average molecular weight is 269 g/mol. The summed E-state index contributed by atoms with van der Waals surface area (Å²) in [7, 11) is 0. The van der Waals surface area contributed by atoms with Gasteiger partial charge in [0.2, 0.25) is 5.91 Å². The molecule has 1 saturated heterocycles. The lowest BCUT2D eigenvalue weighted by Crippen LogP contribution is -2.54. The molecule has 0 bridgehead atoms. The summed E-state index contributed by atoms with van der Waals surface area (Å²) in [5.41, 5.74) is 5.85. The molecule has 0 aliphatic carbocycles. The van der Waals surface area contributed by atoms with Gasteiger partial charge >= 0.3 is 0 Å². The molecule has 2 N–H and O–H groups in total. The number of nitrogens with two attached hydrogens (primary N) is 1. The minimum Gasteiger partial charge on any atom is -0.342 e. The summed E-state index contributed by atoms with van der Waals surface area (Å²) in [6.45, 7) is 10.3. The van der Waals surface area contributed by atoms with Crippen LogP contribution in [0.1, 0.15) is 52.9 Å². The lowest BCUT2D eigenvalue weighted by molar-refractivity contribution is -0.133. The molecule has 1 fully saturated rings. The zero-order valence-corrected chi connectivity index (χ0v) is 13.0. The Morgan fingerprint density at radius 3 is 2.21 bits per heavy atom. The normalized spacial score (nSPS) is 20.2. The largest absolute Gasteiger partial charge is 0.342 e. The van der Waals surface area contributed by atoms with Gasteiger partial charge in [-0.2, -0.15) is 0 Å². The zero-order chi connectivity index (χ0) is 14.3. The average Bonchev–Trinajstić information content (AvgIpc) is 2.72. The Balaban J connectivity index is 2.61. The Morgan fingerprint density at radius 2 is 1.79 bits per heavy atom. The van der Waals surface area contributed by atoms with E-state index in [2.05, 4.69) is 25.7 Å². The first-order chi connectivity index (χ1) is 9.07. The van der Waals surface area contributed by atoms with E-state index in [4.69, 9.17) is 5.73 Å². The minimum atomic E-state index is -0.0593. The van der Waals surface area contributed by atoms with Crippen LogP contribution in [-0.4, -0.2) is 54.0 Å². The third kappa shape index (κ3) is 4.46. The molecule has 0 saturated carbocycles. The Hall–Kier alpha value is -0.610. The SMILES string of the molecule is CCN(CC(=O)N1CCCCCC1)C(C)(CC)CN. The van der Waals surface area contributed by atoms with Gasteiger partial charge in [-0.15, -0.1) is 0 Å². The van der Waals surface area contributed by atoms with E-state index in [9.17, 15) is 4.79 Å². The lowest BCUT2D eigenvalue weighted by atomic mass is 9.96. The van der Waals surface area contributed by atoms with Crippen LogP contribution < -0.4 is 5.73 Å². The number of likely N-dealkylation sites (N-methyl/N-ethyl adjacent to an activating group) is 1. The Bertz CT molecular complexity index is 269. The number of rotatable bonds is 6. The molecule has 0 aromatic heterocycles. The van der Waals surface area contributed by atoms with Crippen molar-refractivity contribution in [1.29, 1.82) is 0 Å². The zero-order valence-electron chi connectivity index (χ0n) is 13.0. The number of hydrogen-bond acceptors (Lipinski definition) is 3. The van der Waals surface area contributed by atoms with Crippen molar-refractivity contribution in [1.82, 2.24) is 9.80 Å². The first kappa shape index (κ1) is 16.4. The van der Waals surface area contributed by atoms with Gasteiger partial charge in [-0.05, 0) is 32.7 Å². The van der Waals surface area contributed by atoms with Crippen molar-refractivity contribution in [2.45, 2.75) is 58.4 Å². The van der Waals surface area contributed by atoms with Crippen LogP contribution in [0.15, 0.2) is 0 Å². The fourth-order valence-corrected chi connectivity index (χ4v) is 2.76. The molecule has 0 spiro atoms. The van der Waals surface area contributed by atoms with E-state index in [0.717, 1.165) is 38.9 Å². The number of nitrogens with zero attached hydrogens (tertiary/aromatic N) is 2. The molecule has 4 nitrogen and oxygen atoms in total. The summed E-state index contributed by atoms with van der Waals surface area (Å²) in [6, 6.07) is 0. The fraction of sp³-hybridized carbons (Fsp3) is 0.933. The summed E-state index contributed by atoms with van der Waals surface area (Å²) >= 11 is 0. The molecule has 1 unspecified atom stereocenters. The van der Waals surface area contributed by atoms with E-state index in [0.29, 0.717) is 13.1 Å². The topological polar surface area (TPSA) is 49.6 Å². The second kappa shape index (κ2) is 7.85. The van der Waals surface area contributed by atoms with Crippen LogP contribution in [-0.2, 0) is 4.79 Å². The highest BCUT2D eigenvalue weighted by molar-refractivity contribution is 5.78. The van der Waals surface area contributed by atoms with Crippen LogP contribution in [0.2, 0.25) is 0 Å². The van der Waals surface area contributed by atoms with Crippen molar-refractivity contribution < 1.29 is 4.79 Å². The van der Waals surface area contributed by atoms with Gasteiger partial charge < -0.3 is 10.6 Å². The predicted molar refractivity (Wildman–Crippen MR) is 80.0 cm³/mol. The van der Waals surface area contributed by atoms with E-state index in [-0.39, 0.29) is 11.4 Å². The third-order valence-electron chi connectivity index (χ3n) is 4.63. The molecular formula is C15H31N3O. The van der Waals surface area contributed by atoms with E-state index >= 15 is 0 Å². The van der Waals surface area contributed by atoms with Crippen molar-refractivity contribution in [2.75, 3.05) is 32.7 Å². The highest BCUT2D eigenvalue weighted by Gasteiger charge is 2.30. The predicted octanol–water partition coefficient (Wildman–Crippen LogP) is 1.84. The molecule has 1 amide bonds. The van der Waals surface area contributed by atoms with E-state index < -0.39 is 0 Å². The Morgan fingerprint density at radius 1 is 1.21 bits per heavy atom. The quantitative estimate of drug-likeness (QED) is 0.800. The highest BCUT2D eigenvalue weighted by Crippen LogP contribution is 2.18. The third-order valence-corrected chi connectivity index (χ3v) is 4.63. The highest BCUT2D eigenvalue weighted by atomic mass is 16.2. The lowest BCUT2D eigenvalue weighted by Gasteiger charge is -2.40. The van der Waals surface area contributed by atoms with Gasteiger partial charge in [-0.3, -0.25) is 9.69 Å². The number of carbonyl (C=O) groups is 1. The molecule has 0 aromatic rings. The van der Waals surface area contributed by atoms with Crippen LogP contribution in [0.3, 0.4) is 0 Å². The van der Waals surface area contributed by atoms with Crippen LogP contribution >= 0.6 is 0 Å². The van der Waals surface area contributed by atoms with Gasteiger partial charge in [0, 0.05) is 25.2 Å². The van der Waals surface area contributed by atoms with E-state index in [1.807, 2.05) is 4.90 Å². The van der Waals surface area contributed by atoms with E-state index in [1.54, 1.807) is 0 Å². The van der Waals surface area contributed by atoms with Crippen LogP contribution in [0, 0.1) is 0 Å². The maximum absolute atomic E-state index is 12.4. The molecule has 1 rings (SSSR count). The first-order valence-electron chi connectivity index (χ1n) is 7.80. The number of carbonyl (C=O) groups excluding carboxylic acids is 1. The van der Waals surface area contributed by atoms with Gasteiger partial charge in [-0.25, -0.2) is 0 Å². The molecular weight excluding hydrogens is 238 g/mol. The molecule has 0 radical (unpaired) electrons. The van der Waals surface area contributed by atoms with Crippen molar-refractivity contribution in [3.8, 4) is 0 Å². The van der Waals surface area contributed by atoms with Crippen LogP contribution in [0.4, 0.5) is 0 Å².